The lowest BCUT2D eigenvalue weighted by Gasteiger charge is -2.35. The molecule has 19 heavy (non-hydrogen) atoms. The van der Waals surface area contributed by atoms with Crippen molar-refractivity contribution in [3.8, 4) is 0 Å². The first kappa shape index (κ1) is 13.9. The van der Waals surface area contributed by atoms with Crippen LogP contribution in [0.2, 0.25) is 0 Å². The van der Waals surface area contributed by atoms with Crippen molar-refractivity contribution in [3.63, 3.8) is 0 Å². The van der Waals surface area contributed by atoms with E-state index in [-0.39, 0.29) is 11.9 Å². The van der Waals surface area contributed by atoms with Crippen LogP contribution in [0.5, 0.6) is 0 Å². The highest BCUT2D eigenvalue weighted by Crippen LogP contribution is 2.23. The Morgan fingerprint density at radius 3 is 2.53 bits per heavy atom. The number of anilines is 1. The number of amides is 1. The molecule has 1 amide bonds. The van der Waals surface area contributed by atoms with E-state index in [0.717, 1.165) is 31.7 Å². The minimum absolute atomic E-state index is 0.00277. The molecule has 1 aromatic carbocycles. The van der Waals surface area contributed by atoms with Crippen LogP contribution in [-0.2, 0) is 4.74 Å². The summed E-state index contributed by atoms with van der Waals surface area (Å²) in [4.78, 5) is 12.0. The maximum Gasteiger partial charge on any atom is 0.251 e. The van der Waals surface area contributed by atoms with Gasteiger partial charge < -0.3 is 15.4 Å². The zero-order valence-electron chi connectivity index (χ0n) is 11.6. The van der Waals surface area contributed by atoms with E-state index in [1.807, 2.05) is 38.1 Å². The van der Waals surface area contributed by atoms with Crippen molar-refractivity contribution in [2.75, 3.05) is 18.5 Å². The molecule has 2 rings (SSSR count). The molecule has 0 unspecified atom stereocenters. The standard InChI is InChI=1S/C15H22N2O2/c1-3-16-12-7-5-11(6-8-12)15(18)17-13-9-14(10-13)19-4-2/h5-8,13-14,16H,3-4,9-10H2,1-2H3,(H,17,18). The molecule has 1 aromatic rings. The number of rotatable bonds is 6. The Hall–Kier alpha value is -1.55. The highest BCUT2D eigenvalue weighted by molar-refractivity contribution is 5.94. The van der Waals surface area contributed by atoms with Crippen molar-refractivity contribution in [1.29, 1.82) is 0 Å². The number of carbonyl (C=O) groups excluding carboxylic acids is 1. The van der Waals surface area contributed by atoms with Crippen LogP contribution in [0, 0.1) is 0 Å². The fourth-order valence-corrected chi connectivity index (χ4v) is 2.27. The summed E-state index contributed by atoms with van der Waals surface area (Å²) in [5, 5.41) is 6.24. The quantitative estimate of drug-likeness (QED) is 0.827. The Balaban J connectivity index is 1.80. The maximum absolute atomic E-state index is 12.0. The topological polar surface area (TPSA) is 50.4 Å². The first-order valence-electron chi connectivity index (χ1n) is 6.99. The Morgan fingerprint density at radius 2 is 1.95 bits per heavy atom. The molecule has 0 saturated heterocycles. The van der Waals surface area contributed by atoms with Crippen molar-refractivity contribution in [1.82, 2.24) is 5.32 Å². The van der Waals surface area contributed by atoms with E-state index in [2.05, 4.69) is 10.6 Å². The van der Waals surface area contributed by atoms with Gasteiger partial charge in [0.1, 0.15) is 0 Å². The van der Waals surface area contributed by atoms with Crippen LogP contribution >= 0.6 is 0 Å². The summed E-state index contributed by atoms with van der Waals surface area (Å²) in [6.45, 7) is 5.67. The molecule has 0 radical (unpaired) electrons. The van der Waals surface area contributed by atoms with E-state index in [1.54, 1.807) is 0 Å². The lowest BCUT2D eigenvalue weighted by Crippen LogP contribution is -2.47. The first-order chi connectivity index (χ1) is 9.22. The number of carbonyl (C=O) groups is 1. The van der Waals surface area contributed by atoms with E-state index >= 15 is 0 Å². The number of ether oxygens (including phenoxy) is 1. The summed E-state index contributed by atoms with van der Waals surface area (Å²) in [5.41, 5.74) is 1.75. The summed E-state index contributed by atoms with van der Waals surface area (Å²) in [7, 11) is 0. The van der Waals surface area contributed by atoms with Crippen LogP contribution in [0.3, 0.4) is 0 Å². The normalized spacial score (nSPS) is 21.6. The van der Waals surface area contributed by atoms with Crippen LogP contribution in [0.25, 0.3) is 0 Å². The molecule has 0 atom stereocenters. The molecular weight excluding hydrogens is 240 g/mol. The predicted molar refractivity (Wildman–Crippen MR) is 76.5 cm³/mol. The lowest BCUT2D eigenvalue weighted by molar-refractivity contribution is -0.00862. The summed E-state index contributed by atoms with van der Waals surface area (Å²) in [6, 6.07) is 7.83. The molecule has 1 saturated carbocycles. The highest BCUT2D eigenvalue weighted by Gasteiger charge is 2.30. The fraction of sp³-hybridized carbons (Fsp3) is 0.533. The Morgan fingerprint density at radius 1 is 1.26 bits per heavy atom. The van der Waals surface area contributed by atoms with Gasteiger partial charge in [0.05, 0.1) is 6.10 Å². The van der Waals surface area contributed by atoms with Gasteiger partial charge in [0.25, 0.3) is 5.91 Å². The van der Waals surface area contributed by atoms with E-state index < -0.39 is 0 Å². The molecule has 0 spiro atoms. The van der Waals surface area contributed by atoms with Gasteiger partial charge in [-0.1, -0.05) is 0 Å². The van der Waals surface area contributed by atoms with Crippen molar-refractivity contribution < 1.29 is 9.53 Å². The molecule has 2 N–H and O–H groups in total. The molecule has 1 aliphatic rings. The summed E-state index contributed by atoms with van der Waals surface area (Å²) < 4.78 is 5.48. The Bertz CT molecular complexity index is 411. The van der Waals surface area contributed by atoms with Gasteiger partial charge in [-0.3, -0.25) is 4.79 Å². The van der Waals surface area contributed by atoms with Crippen LogP contribution in [0.4, 0.5) is 5.69 Å². The average molecular weight is 262 g/mol. The Kier molecular flexibility index (Phi) is 4.80. The van der Waals surface area contributed by atoms with Crippen LogP contribution in [0.1, 0.15) is 37.0 Å². The zero-order valence-corrected chi connectivity index (χ0v) is 11.6. The monoisotopic (exact) mass is 262 g/mol. The number of benzene rings is 1. The van der Waals surface area contributed by atoms with Gasteiger partial charge in [0.2, 0.25) is 0 Å². The molecule has 4 heteroatoms. The minimum Gasteiger partial charge on any atom is -0.385 e. The molecule has 0 bridgehead atoms. The number of nitrogens with one attached hydrogen (secondary N) is 2. The van der Waals surface area contributed by atoms with Gasteiger partial charge in [-0.15, -0.1) is 0 Å². The first-order valence-corrected chi connectivity index (χ1v) is 6.99. The Labute approximate surface area is 114 Å². The lowest BCUT2D eigenvalue weighted by atomic mass is 9.89. The second-order valence-corrected chi connectivity index (χ2v) is 4.83. The second kappa shape index (κ2) is 6.57. The van der Waals surface area contributed by atoms with Gasteiger partial charge in [0, 0.05) is 30.4 Å². The third-order valence-electron chi connectivity index (χ3n) is 3.36. The molecule has 0 aliphatic heterocycles. The zero-order chi connectivity index (χ0) is 13.7. The average Bonchev–Trinajstić information content (AvgIpc) is 2.37. The highest BCUT2D eigenvalue weighted by atomic mass is 16.5. The van der Waals surface area contributed by atoms with E-state index in [4.69, 9.17) is 4.74 Å². The molecule has 1 fully saturated rings. The van der Waals surface area contributed by atoms with E-state index in [9.17, 15) is 4.79 Å². The van der Waals surface area contributed by atoms with Crippen molar-refractivity contribution in [2.45, 2.75) is 38.8 Å². The fourth-order valence-electron chi connectivity index (χ4n) is 2.27. The smallest absolute Gasteiger partial charge is 0.251 e. The summed E-state index contributed by atoms with van der Waals surface area (Å²) >= 11 is 0. The van der Waals surface area contributed by atoms with Gasteiger partial charge >= 0.3 is 0 Å². The third-order valence-corrected chi connectivity index (χ3v) is 3.36. The van der Waals surface area contributed by atoms with Gasteiger partial charge in [-0.05, 0) is 51.0 Å². The SMILES string of the molecule is CCNc1ccc(C(=O)NC2CC(OCC)C2)cc1. The van der Waals surface area contributed by atoms with Gasteiger partial charge in [0.15, 0.2) is 0 Å². The van der Waals surface area contributed by atoms with Gasteiger partial charge in [-0.25, -0.2) is 0 Å². The van der Waals surface area contributed by atoms with E-state index in [0.29, 0.717) is 11.7 Å². The summed E-state index contributed by atoms with van der Waals surface area (Å²) in [6.07, 6.45) is 2.18. The number of hydrogen-bond acceptors (Lipinski definition) is 3. The molecule has 0 heterocycles. The molecule has 1 aliphatic carbocycles. The second-order valence-electron chi connectivity index (χ2n) is 4.83. The largest absolute Gasteiger partial charge is 0.385 e. The van der Waals surface area contributed by atoms with Crippen LogP contribution < -0.4 is 10.6 Å². The van der Waals surface area contributed by atoms with Crippen LogP contribution in [-0.4, -0.2) is 31.2 Å². The molecule has 0 aromatic heterocycles. The van der Waals surface area contributed by atoms with Crippen molar-refractivity contribution in [3.05, 3.63) is 29.8 Å². The summed E-state index contributed by atoms with van der Waals surface area (Å²) in [5.74, 6) is 0.00277. The molecule has 4 nitrogen and oxygen atoms in total. The predicted octanol–water partition coefficient (Wildman–Crippen LogP) is 2.42. The van der Waals surface area contributed by atoms with Crippen molar-refractivity contribution in [2.24, 2.45) is 0 Å². The maximum atomic E-state index is 12.0. The molecule has 104 valence electrons. The van der Waals surface area contributed by atoms with Crippen molar-refractivity contribution >= 4 is 11.6 Å². The van der Waals surface area contributed by atoms with Crippen LogP contribution in [0.15, 0.2) is 24.3 Å². The van der Waals surface area contributed by atoms with E-state index in [1.165, 1.54) is 0 Å². The number of hydrogen-bond donors (Lipinski definition) is 2. The third kappa shape index (κ3) is 3.70. The minimum atomic E-state index is 0.00277. The molecular formula is C15H22N2O2. The van der Waals surface area contributed by atoms with Gasteiger partial charge in [-0.2, -0.15) is 0 Å².